The van der Waals surface area contributed by atoms with Gasteiger partial charge >= 0.3 is 0 Å². The van der Waals surface area contributed by atoms with E-state index in [9.17, 15) is 12.8 Å². The Balaban J connectivity index is 1.47. The van der Waals surface area contributed by atoms with Crippen molar-refractivity contribution in [1.82, 2.24) is 24.4 Å². The van der Waals surface area contributed by atoms with Crippen LogP contribution in [0.15, 0.2) is 46.2 Å². The van der Waals surface area contributed by atoms with Crippen molar-refractivity contribution in [2.45, 2.75) is 24.2 Å². The molecule has 2 aromatic heterocycles. The van der Waals surface area contributed by atoms with E-state index in [2.05, 4.69) is 20.1 Å². The fourth-order valence-corrected chi connectivity index (χ4v) is 5.13. The van der Waals surface area contributed by atoms with E-state index in [1.807, 2.05) is 0 Å². The van der Waals surface area contributed by atoms with Gasteiger partial charge in [-0.2, -0.15) is 9.29 Å². The molecule has 0 bridgehead atoms. The Hall–Kier alpha value is -2.43. The second-order valence-corrected chi connectivity index (χ2v) is 9.10. The van der Waals surface area contributed by atoms with E-state index in [-0.39, 0.29) is 15.8 Å². The molecule has 152 valence electrons. The van der Waals surface area contributed by atoms with Crippen LogP contribution in [-0.2, 0) is 16.4 Å². The van der Waals surface area contributed by atoms with Crippen LogP contribution in [0.3, 0.4) is 0 Å². The fraction of sp³-hybridized carbons (Fsp3) is 0.333. The lowest BCUT2D eigenvalue weighted by atomic mass is 9.96. The van der Waals surface area contributed by atoms with Crippen LogP contribution < -0.4 is 0 Å². The number of nitrogens with zero attached hydrogens (tertiary/aromatic N) is 5. The van der Waals surface area contributed by atoms with Crippen LogP contribution in [0.5, 0.6) is 0 Å². The molecule has 0 spiro atoms. The Labute approximate surface area is 171 Å². The largest absolute Gasteiger partial charge is 0.339 e. The highest BCUT2D eigenvalue weighted by Gasteiger charge is 2.31. The fourth-order valence-electron chi connectivity index (χ4n) is 3.30. The van der Waals surface area contributed by atoms with Crippen molar-refractivity contribution in [3.05, 3.63) is 53.5 Å². The highest BCUT2D eigenvalue weighted by Crippen LogP contribution is 2.28. The van der Waals surface area contributed by atoms with Crippen molar-refractivity contribution in [1.29, 1.82) is 0 Å². The molecular weight excluding hydrogens is 421 g/mol. The molecular formula is C18H17ClFN5O3S. The van der Waals surface area contributed by atoms with Gasteiger partial charge in [-0.05, 0) is 37.0 Å². The number of rotatable bonds is 5. The quantitative estimate of drug-likeness (QED) is 0.604. The Morgan fingerprint density at radius 3 is 2.93 bits per heavy atom. The summed E-state index contributed by atoms with van der Waals surface area (Å²) in [4.78, 5) is 12.4. The van der Waals surface area contributed by atoms with Gasteiger partial charge in [-0.1, -0.05) is 16.8 Å². The van der Waals surface area contributed by atoms with Gasteiger partial charge in [0, 0.05) is 31.9 Å². The van der Waals surface area contributed by atoms with Crippen LogP contribution in [-0.4, -0.2) is 45.9 Å². The van der Waals surface area contributed by atoms with E-state index in [4.69, 9.17) is 16.1 Å². The average Bonchev–Trinajstić information content (AvgIpc) is 3.19. The Kier molecular flexibility index (Phi) is 5.57. The number of hydrogen-bond acceptors (Lipinski definition) is 7. The summed E-state index contributed by atoms with van der Waals surface area (Å²) in [6, 6.07) is 3.43. The van der Waals surface area contributed by atoms with Crippen LogP contribution in [0.1, 0.15) is 18.7 Å². The Morgan fingerprint density at radius 2 is 2.17 bits per heavy atom. The predicted molar refractivity (Wildman–Crippen MR) is 102 cm³/mol. The molecule has 1 saturated heterocycles. The molecule has 0 saturated carbocycles. The molecule has 0 radical (unpaired) electrons. The monoisotopic (exact) mass is 437 g/mol. The SMILES string of the molecule is O=S(=O)(c1ccc(F)c(Cl)c1)N1CCC[C@H](Cc2nc(-c3cnccn3)no2)C1. The third-order valence-electron chi connectivity index (χ3n) is 4.73. The maximum absolute atomic E-state index is 13.4. The van der Waals surface area contributed by atoms with Crippen LogP contribution >= 0.6 is 11.6 Å². The third-order valence-corrected chi connectivity index (χ3v) is 6.89. The van der Waals surface area contributed by atoms with Crippen LogP contribution in [0.25, 0.3) is 11.5 Å². The van der Waals surface area contributed by atoms with Gasteiger partial charge in [-0.25, -0.2) is 17.8 Å². The third kappa shape index (κ3) is 4.29. The molecule has 3 aromatic rings. The van der Waals surface area contributed by atoms with Crippen LogP contribution in [0.2, 0.25) is 5.02 Å². The molecule has 0 aliphatic carbocycles. The summed E-state index contributed by atoms with van der Waals surface area (Å²) >= 11 is 5.75. The lowest BCUT2D eigenvalue weighted by Gasteiger charge is -2.31. The highest BCUT2D eigenvalue weighted by atomic mass is 35.5. The number of aromatic nitrogens is 4. The number of piperidine rings is 1. The molecule has 1 atom stereocenters. The highest BCUT2D eigenvalue weighted by molar-refractivity contribution is 7.89. The van der Waals surface area contributed by atoms with Gasteiger partial charge < -0.3 is 4.52 Å². The minimum Gasteiger partial charge on any atom is -0.339 e. The summed E-state index contributed by atoms with van der Waals surface area (Å²) in [6.45, 7) is 0.697. The zero-order valence-corrected chi connectivity index (χ0v) is 16.8. The van der Waals surface area contributed by atoms with Crippen molar-refractivity contribution in [2.24, 2.45) is 5.92 Å². The summed E-state index contributed by atoms with van der Waals surface area (Å²) in [5.74, 6) is 0.121. The van der Waals surface area contributed by atoms with E-state index in [0.717, 1.165) is 18.6 Å². The first-order valence-electron chi connectivity index (χ1n) is 8.97. The van der Waals surface area contributed by atoms with Gasteiger partial charge in [0.2, 0.25) is 21.7 Å². The lowest BCUT2D eigenvalue weighted by Crippen LogP contribution is -2.40. The molecule has 0 N–H and O–H groups in total. The zero-order valence-electron chi connectivity index (χ0n) is 15.2. The van der Waals surface area contributed by atoms with Gasteiger partial charge in [0.05, 0.1) is 16.1 Å². The molecule has 3 heterocycles. The molecule has 1 fully saturated rings. The first kappa shape index (κ1) is 19.9. The summed E-state index contributed by atoms with van der Waals surface area (Å²) in [7, 11) is -3.77. The predicted octanol–water partition coefficient (Wildman–Crippen LogP) is 2.96. The number of hydrogen-bond donors (Lipinski definition) is 0. The molecule has 0 unspecified atom stereocenters. The van der Waals surface area contributed by atoms with E-state index in [0.29, 0.717) is 43.3 Å². The van der Waals surface area contributed by atoms with Crippen molar-refractivity contribution in [3.63, 3.8) is 0 Å². The normalized spacial score (nSPS) is 18.1. The van der Waals surface area contributed by atoms with Gasteiger partial charge in [-0.3, -0.25) is 4.98 Å². The molecule has 29 heavy (non-hydrogen) atoms. The zero-order chi connectivity index (χ0) is 20.4. The summed E-state index contributed by atoms with van der Waals surface area (Å²) < 4.78 is 45.9. The molecule has 4 rings (SSSR count). The van der Waals surface area contributed by atoms with Gasteiger partial charge in [0.1, 0.15) is 11.5 Å². The van der Waals surface area contributed by atoms with Crippen LogP contribution in [0, 0.1) is 11.7 Å². The topological polar surface area (TPSA) is 102 Å². The minimum atomic E-state index is -3.77. The second-order valence-electron chi connectivity index (χ2n) is 6.75. The minimum absolute atomic E-state index is 0.0182. The Bertz CT molecular complexity index is 1110. The first-order valence-corrected chi connectivity index (χ1v) is 10.8. The van der Waals surface area contributed by atoms with Crippen molar-refractivity contribution < 1.29 is 17.3 Å². The summed E-state index contributed by atoms with van der Waals surface area (Å²) in [5, 5.41) is 3.69. The number of halogens is 2. The average molecular weight is 438 g/mol. The number of benzene rings is 1. The standard InChI is InChI=1S/C18H17ClFN5O3S/c19-14-9-13(3-4-15(14)20)29(26,27)25-7-1-2-12(11-25)8-17-23-18(24-28-17)16-10-21-5-6-22-16/h3-6,9-10,12H,1-2,7-8,11H2/t12-/m1/s1. The Morgan fingerprint density at radius 1 is 1.31 bits per heavy atom. The van der Waals surface area contributed by atoms with Crippen molar-refractivity contribution in [2.75, 3.05) is 13.1 Å². The lowest BCUT2D eigenvalue weighted by molar-refractivity contribution is 0.247. The van der Waals surface area contributed by atoms with E-state index < -0.39 is 15.8 Å². The van der Waals surface area contributed by atoms with E-state index in [1.54, 1.807) is 6.20 Å². The summed E-state index contributed by atoms with van der Waals surface area (Å²) in [6.07, 6.45) is 6.61. The van der Waals surface area contributed by atoms with E-state index in [1.165, 1.54) is 22.8 Å². The molecule has 1 aliphatic heterocycles. The number of sulfonamides is 1. The molecule has 1 aromatic carbocycles. The van der Waals surface area contributed by atoms with Gasteiger partial charge in [0.25, 0.3) is 0 Å². The molecule has 11 heteroatoms. The second kappa shape index (κ2) is 8.13. The van der Waals surface area contributed by atoms with E-state index >= 15 is 0 Å². The van der Waals surface area contributed by atoms with Crippen LogP contribution in [0.4, 0.5) is 4.39 Å². The summed E-state index contributed by atoms with van der Waals surface area (Å²) in [5.41, 5.74) is 0.503. The molecule has 8 nitrogen and oxygen atoms in total. The van der Waals surface area contributed by atoms with Gasteiger partial charge in [-0.15, -0.1) is 0 Å². The molecule has 1 aliphatic rings. The maximum Gasteiger partial charge on any atom is 0.243 e. The van der Waals surface area contributed by atoms with Crippen molar-refractivity contribution >= 4 is 21.6 Å². The first-order chi connectivity index (χ1) is 13.9. The van der Waals surface area contributed by atoms with Gasteiger partial charge in [0.15, 0.2) is 0 Å². The smallest absolute Gasteiger partial charge is 0.243 e. The maximum atomic E-state index is 13.4. The van der Waals surface area contributed by atoms with Crippen molar-refractivity contribution in [3.8, 4) is 11.5 Å². The molecule has 0 amide bonds.